The van der Waals surface area contributed by atoms with Crippen molar-refractivity contribution >= 4 is 11.6 Å². The van der Waals surface area contributed by atoms with Gasteiger partial charge in [0.2, 0.25) is 0 Å². The van der Waals surface area contributed by atoms with Gasteiger partial charge in [-0.1, -0.05) is 0 Å². The molecule has 0 spiro atoms. The van der Waals surface area contributed by atoms with Crippen LogP contribution in [-0.4, -0.2) is 66.3 Å². The quantitative estimate of drug-likeness (QED) is 0.807. The number of halogens is 1. The van der Waals surface area contributed by atoms with Crippen molar-refractivity contribution in [3.8, 4) is 0 Å². The number of likely N-dealkylation sites (tertiary alicyclic amines) is 2. The number of hydrogen-bond acceptors (Lipinski definition) is 3. The molecular weight excluding hydrogens is 248 g/mol. The van der Waals surface area contributed by atoms with Gasteiger partial charge in [0.15, 0.2) is 0 Å². The molecule has 3 nitrogen and oxygen atoms in total. The van der Waals surface area contributed by atoms with Crippen molar-refractivity contribution in [2.24, 2.45) is 0 Å². The van der Waals surface area contributed by atoms with Crippen LogP contribution in [0.3, 0.4) is 0 Å². The minimum absolute atomic E-state index is 0.590. The summed E-state index contributed by atoms with van der Waals surface area (Å²) in [5, 5.41) is 9.34. The van der Waals surface area contributed by atoms with Crippen molar-refractivity contribution in [3.05, 3.63) is 0 Å². The largest absolute Gasteiger partial charge is 0.396 e. The molecule has 2 fully saturated rings. The van der Waals surface area contributed by atoms with Crippen LogP contribution in [0, 0.1) is 0 Å². The topological polar surface area (TPSA) is 26.7 Å². The van der Waals surface area contributed by atoms with Gasteiger partial charge < -0.3 is 14.9 Å². The van der Waals surface area contributed by atoms with E-state index in [9.17, 15) is 5.11 Å². The minimum atomic E-state index is -4.00. The maximum absolute atomic E-state index is 9.34. The first-order valence-electron chi connectivity index (χ1n) is 18.3. The minimum Gasteiger partial charge on any atom is -0.396 e. The molecule has 2 saturated heterocycles. The summed E-state index contributed by atoms with van der Waals surface area (Å²) in [7, 11) is 0. The van der Waals surface area contributed by atoms with Crippen LogP contribution in [0.4, 0.5) is 0 Å². The van der Waals surface area contributed by atoms with Gasteiger partial charge >= 0.3 is 0 Å². The molecule has 2 rings (SSSR count). The summed E-state index contributed by atoms with van der Waals surface area (Å²) in [6, 6.07) is -7.78. The summed E-state index contributed by atoms with van der Waals surface area (Å²) in [6.45, 7) is -18.6. The molecule has 0 aromatic carbocycles. The molecule has 0 aromatic rings. The fourth-order valence-electron chi connectivity index (χ4n) is 0.782. The zero-order chi connectivity index (χ0) is 38.2. The van der Waals surface area contributed by atoms with E-state index in [1.54, 1.807) is 0 Å². The third-order valence-electron chi connectivity index (χ3n) is 1.48. The predicted octanol–water partition coefficient (Wildman–Crippen LogP) is 2.17. The molecule has 0 bridgehead atoms. The molecule has 0 aromatic heterocycles. The lowest BCUT2D eigenvalue weighted by Gasteiger charge is -2.17. The van der Waals surface area contributed by atoms with Crippen molar-refractivity contribution in [2.45, 2.75) is 50.3 Å². The molecule has 2 aliphatic heterocycles. The van der Waals surface area contributed by atoms with Crippen molar-refractivity contribution in [3.63, 3.8) is 0 Å². The fraction of sp³-hybridized carbons (Fsp3) is 1.00. The Morgan fingerprint density at radius 3 is 2.28 bits per heavy atom. The number of hydrogen-bond donors (Lipinski definition) is 1. The van der Waals surface area contributed by atoms with Gasteiger partial charge in [0.05, 0.1) is 2.74 Å². The Bertz CT molecular complexity index is 1070. The molecule has 108 valence electrons. The molecule has 0 radical (unpaired) electrons. The second-order valence-electron chi connectivity index (χ2n) is 2.55. The first-order chi connectivity index (χ1) is 19.2. The summed E-state index contributed by atoms with van der Waals surface area (Å²) in [4.78, 5) is -1.26. The Kier molecular flexibility index (Phi) is 1.28. The van der Waals surface area contributed by atoms with Crippen LogP contribution < -0.4 is 0 Å². The first-order valence-corrected chi connectivity index (χ1v) is 4.63. The highest BCUT2D eigenvalue weighted by Gasteiger charge is 2.19. The lowest BCUT2D eigenvalue weighted by Crippen LogP contribution is -2.25. The molecular formula is C14H29ClN2O. The monoisotopic (exact) mass is 304 g/mol. The van der Waals surface area contributed by atoms with Gasteiger partial charge in [0.1, 0.15) is 0 Å². The van der Waals surface area contributed by atoms with Crippen molar-refractivity contribution in [1.29, 1.82) is 0 Å². The Morgan fingerprint density at radius 1 is 1.28 bits per heavy atom. The van der Waals surface area contributed by atoms with Gasteiger partial charge in [-0.3, -0.25) is 0 Å². The molecule has 2 heterocycles. The highest BCUT2D eigenvalue weighted by molar-refractivity contribution is 6.17. The molecule has 18 heavy (non-hydrogen) atoms. The highest BCUT2D eigenvalue weighted by Crippen LogP contribution is 2.17. The molecule has 4 heteroatoms. The molecule has 1 N–H and O–H groups in total. The van der Waals surface area contributed by atoms with Crippen LogP contribution in [0.5, 0.6) is 0 Å². The SMILES string of the molecule is [2H]C([2H])([2H])N1C([2H])([2H])C([2H])([2H])C([2H])([2H])C1([2H])C([2H])([2H])C([2H])([2H])Cl.[2H]C([2H])([2H])N1C([2H])([2H])C([2H])([2H])C([2H])([2H])C1([2H])C([2H])([2H])C([2H])([2H])O. The van der Waals surface area contributed by atoms with Crippen LogP contribution in [0.1, 0.15) is 76.6 Å². The third-order valence-corrected chi connectivity index (χ3v) is 1.58. The Balaban J connectivity index is 0.000000460. The summed E-state index contributed by atoms with van der Waals surface area (Å²) in [6.07, 6.45) is -22.7. The van der Waals surface area contributed by atoms with Crippen LogP contribution in [0.15, 0.2) is 0 Å². The second kappa shape index (κ2) is 9.13. The van der Waals surface area contributed by atoms with E-state index < -0.39 is 99.4 Å². The van der Waals surface area contributed by atoms with Crippen molar-refractivity contribution in [1.82, 2.24) is 9.80 Å². The molecule has 0 saturated carbocycles. The standard InChI is InChI=1S/C7H14ClN.C7H15NO/c1-9-6-2-3-7(9)4-5-8;1-8-5-2-3-7(8)4-6-9/h7H,2-6H2,1H3;7,9H,2-6H2,1H3/i2*1D3,2D2,3D2,4D2,5D2,6D2,7D. The van der Waals surface area contributed by atoms with E-state index in [1.165, 1.54) is 0 Å². The zero-order valence-electron chi connectivity index (χ0n) is 36.7. The van der Waals surface area contributed by atoms with Gasteiger partial charge in [-0.2, -0.15) is 0 Å². The van der Waals surface area contributed by atoms with Crippen LogP contribution in [0.25, 0.3) is 0 Å². The lowest BCUT2D eigenvalue weighted by atomic mass is 10.2. The average molecular weight is 305 g/mol. The second-order valence-corrected chi connectivity index (χ2v) is 2.74. The molecule has 2 aliphatic rings. The van der Waals surface area contributed by atoms with Gasteiger partial charge in [-0.25, -0.2) is 0 Å². The summed E-state index contributed by atoms with van der Waals surface area (Å²) >= 11 is 5.24. The van der Waals surface area contributed by atoms with Gasteiger partial charge in [-0.05, 0) is 65.2 Å². The summed E-state index contributed by atoms with van der Waals surface area (Å²) < 4.78 is 211. The van der Waals surface area contributed by atoms with Crippen molar-refractivity contribution in [2.75, 3.05) is 39.3 Å². The highest BCUT2D eigenvalue weighted by atomic mass is 35.5. The predicted molar refractivity (Wildman–Crippen MR) is 78.3 cm³/mol. The van der Waals surface area contributed by atoms with E-state index in [-0.39, 0.29) is 0 Å². The Labute approximate surface area is 156 Å². The van der Waals surface area contributed by atoms with E-state index in [0.29, 0.717) is 0 Å². The fourth-order valence-corrected chi connectivity index (χ4v) is 0.871. The van der Waals surface area contributed by atoms with E-state index in [1.807, 2.05) is 0 Å². The van der Waals surface area contributed by atoms with Crippen LogP contribution in [0.2, 0.25) is 0 Å². The lowest BCUT2D eigenvalue weighted by molar-refractivity contribution is 0.220. The van der Waals surface area contributed by atoms with E-state index >= 15 is 0 Å². The molecule has 2 unspecified atom stereocenters. The number of rotatable bonds is 4. The van der Waals surface area contributed by atoms with Crippen LogP contribution in [-0.2, 0) is 0 Å². The normalized spacial score (nSPS) is 81.9. The smallest absolute Gasteiger partial charge is 0.0564 e. The average Bonchev–Trinajstić information content (AvgIpc) is 2.88. The van der Waals surface area contributed by atoms with Gasteiger partial charge in [-0.15, -0.1) is 11.6 Å². The molecule has 0 aliphatic carbocycles. The first kappa shape index (κ1) is 2.51. The van der Waals surface area contributed by atoms with Gasteiger partial charge in [0, 0.05) is 60.1 Å². The number of alkyl halides is 1. The summed E-state index contributed by atoms with van der Waals surface area (Å²) in [5.74, 6) is -3.48. The molecule has 0 amide bonds. The van der Waals surface area contributed by atoms with E-state index in [2.05, 4.69) is 0 Å². The Morgan fingerprint density at radius 2 is 1.83 bits per heavy atom. The number of nitrogens with zero attached hydrogens (tertiary/aromatic N) is 2. The molecule has 2 atom stereocenters. The van der Waals surface area contributed by atoms with Crippen molar-refractivity contribution < 1.29 is 43.5 Å². The van der Waals surface area contributed by atoms with E-state index in [0.717, 1.165) is 0 Å². The van der Waals surface area contributed by atoms with E-state index in [4.69, 9.17) is 50.0 Å². The zero-order valence-corrected chi connectivity index (χ0v) is 9.48. The van der Waals surface area contributed by atoms with Gasteiger partial charge in [0.25, 0.3) is 0 Å². The summed E-state index contributed by atoms with van der Waals surface area (Å²) in [5.41, 5.74) is 0. The number of aliphatic hydroxyl groups is 1. The Hall–Kier alpha value is 0.170. The maximum Gasteiger partial charge on any atom is 0.0564 e. The maximum atomic E-state index is 9.34. The van der Waals surface area contributed by atoms with Crippen LogP contribution >= 0.6 is 11.6 Å². The third kappa shape index (κ3) is 5.43.